The van der Waals surface area contributed by atoms with Crippen LogP contribution in [0.15, 0.2) is 0 Å². The fourth-order valence-electron chi connectivity index (χ4n) is 0.675. The van der Waals surface area contributed by atoms with E-state index in [2.05, 4.69) is 15.9 Å². The van der Waals surface area contributed by atoms with E-state index in [4.69, 9.17) is 10.5 Å². The minimum atomic E-state index is -0.138. The summed E-state index contributed by atoms with van der Waals surface area (Å²) in [6.45, 7) is 2.26. The summed E-state index contributed by atoms with van der Waals surface area (Å²) < 4.78 is 4.73. The second kappa shape index (κ2) is 6.61. The van der Waals surface area contributed by atoms with E-state index in [-0.39, 0.29) is 10.9 Å². The number of carbonyl (C=O) groups is 1. The molecule has 0 fully saturated rings. The predicted octanol–water partition coefficient (Wildman–Crippen LogP) is 1.40. The highest BCUT2D eigenvalue weighted by atomic mass is 79.9. The number of alkyl halides is 1. The quantitative estimate of drug-likeness (QED) is 0.436. The first kappa shape index (κ1) is 10.9. The Morgan fingerprint density at radius 3 is 2.82 bits per heavy atom. The number of halogens is 1. The second-order valence-electron chi connectivity index (χ2n) is 2.21. The topological polar surface area (TPSA) is 52.3 Å². The molecule has 3 nitrogen and oxygen atoms in total. The van der Waals surface area contributed by atoms with Crippen LogP contribution >= 0.6 is 15.9 Å². The smallest absolute Gasteiger partial charge is 0.305 e. The summed E-state index contributed by atoms with van der Waals surface area (Å²) in [7, 11) is 0. The molecule has 4 heteroatoms. The summed E-state index contributed by atoms with van der Waals surface area (Å²) in [5.41, 5.74) is 5.42. The fourth-order valence-corrected chi connectivity index (χ4v) is 0.998. The van der Waals surface area contributed by atoms with Gasteiger partial charge in [-0.15, -0.1) is 0 Å². The molecule has 1 atom stereocenters. The van der Waals surface area contributed by atoms with Crippen LogP contribution in [0.3, 0.4) is 0 Å². The number of rotatable bonds is 5. The van der Waals surface area contributed by atoms with Gasteiger partial charge in [-0.1, -0.05) is 15.9 Å². The Morgan fingerprint density at radius 2 is 2.36 bits per heavy atom. The molecule has 1 unspecified atom stereocenters. The predicted molar refractivity (Wildman–Crippen MR) is 47.4 cm³/mol. The van der Waals surface area contributed by atoms with E-state index in [0.717, 1.165) is 12.8 Å². The van der Waals surface area contributed by atoms with Gasteiger partial charge in [0, 0.05) is 6.42 Å². The van der Waals surface area contributed by atoms with E-state index < -0.39 is 0 Å². The fraction of sp³-hybridized carbons (Fsp3) is 0.857. The van der Waals surface area contributed by atoms with Crippen molar-refractivity contribution in [3.63, 3.8) is 0 Å². The molecular weight excluding hydrogens is 210 g/mol. The molecule has 0 radical (unpaired) electrons. The van der Waals surface area contributed by atoms with Crippen LogP contribution in [0.4, 0.5) is 0 Å². The number of carbonyl (C=O) groups excluding carboxylic acids is 1. The van der Waals surface area contributed by atoms with Crippen LogP contribution in [0.5, 0.6) is 0 Å². The van der Waals surface area contributed by atoms with E-state index >= 15 is 0 Å². The Labute approximate surface area is 75.4 Å². The van der Waals surface area contributed by atoms with E-state index in [9.17, 15) is 4.79 Å². The van der Waals surface area contributed by atoms with Crippen molar-refractivity contribution in [2.24, 2.45) is 5.73 Å². The average Bonchev–Trinajstić information content (AvgIpc) is 1.87. The highest BCUT2D eigenvalue weighted by Crippen LogP contribution is 2.04. The minimum absolute atomic E-state index is 0.00285. The van der Waals surface area contributed by atoms with E-state index in [1.807, 2.05) is 0 Å². The van der Waals surface area contributed by atoms with Gasteiger partial charge in [-0.05, 0) is 19.8 Å². The Bertz CT molecular complexity index is 117. The number of hydrogen-bond donors (Lipinski definition) is 1. The lowest BCUT2D eigenvalue weighted by molar-refractivity contribution is -0.143. The average molecular weight is 224 g/mol. The summed E-state index contributed by atoms with van der Waals surface area (Å²) in [6, 6.07) is 0. The standard InChI is InChI=1S/C7H14BrNO2/c1-2-11-7(10)5-3-4-6(8)9/h6H,2-5,9H2,1H3. The Balaban J connectivity index is 3.17. The maximum atomic E-state index is 10.7. The van der Waals surface area contributed by atoms with Crippen molar-refractivity contribution in [2.45, 2.75) is 31.1 Å². The van der Waals surface area contributed by atoms with Crippen molar-refractivity contribution in [1.82, 2.24) is 0 Å². The molecule has 0 aromatic rings. The van der Waals surface area contributed by atoms with Crippen LogP contribution in [0.1, 0.15) is 26.2 Å². The first-order valence-electron chi connectivity index (χ1n) is 3.72. The van der Waals surface area contributed by atoms with Gasteiger partial charge < -0.3 is 10.5 Å². The highest BCUT2D eigenvalue weighted by Gasteiger charge is 2.02. The molecule has 11 heavy (non-hydrogen) atoms. The lowest BCUT2D eigenvalue weighted by Gasteiger charge is -2.02. The maximum Gasteiger partial charge on any atom is 0.305 e. The third-order valence-corrected chi connectivity index (χ3v) is 1.62. The van der Waals surface area contributed by atoms with Crippen LogP contribution in [0, 0.1) is 0 Å². The number of nitrogens with two attached hydrogens (primary N) is 1. The molecule has 0 heterocycles. The highest BCUT2D eigenvalue weighted by molar-refractivity contribution is 9.09. The zero-order valence-corrected chi connectivity index (χ0v) is 8.26. The normalized spacial score (nSPS) is 12.6. The second-order valence-corrected chi connectivity index (χ2v) is 3.39. The van der Waals surface area contributed by atoms with Crippen LogP contribution in [0.2, 0.25) is 0 Å². The SMILES string of the molecule is CCOC(=O)CCCC(N)Br. The van der Waals surface area contributed by atoms with Gasteiger partial charge in [-0.3, -0.25) is 4.79 Å². The van der Waals surface area contributed by atoms with Crippen molar-refractivity contribution in [2.75, 3.05) is 6.61 Å². The van der Waals surface area contributed by atoms with Gasteiger partial charge in [-0.2, -0.15) is 0 Å². The molecule has 0 bridgehead atoms. The van der Waals surface area contributed by atoms with E-state index in [1.165, 1.54) is 0 Å². The van der Waals surface area contributed by atoms with Crippen LogP contribution in [0.25, 0.3) is 0 Å². The van der Waals surface area contributed by atoms with Crippen molar-refractivity contribution < 1.29 is 9.53 Å². The van der Waals surface area contributed by atoms with Gasteiger partial charge in [-0.25, -0.2) is 0 Å². The molecule has 0 aliphatic heterocycles. The lowest BCUT2D eigenvalue weighted by atomic mass is 10.2. The molecule has 0 aliphatic rings. The third kappa shape index (κ3) is 7.81. The van der Waals surface area contributed by atoms with Crippen molar-refractivity contribution >= 4 is 21.9 Å². The molecule has 0 spiro atoms. The Morgan fingerprint density at radius 1 is 1.73 bits per heavy atom. The number of esters is 1. The summed E-state index contributed by atoms with van der Waals surface area (Å²) in [5, 5.41) is 0. The summed E-state index contributed by atoms with van der Waals surface area (Å²) in [5.74, 6) is -0.138. The van der Waals surface area contributed by atoms with Gasteiger partial charge in [0.15, 0.2) is 0 Å². The van der Waals surface area contributed by atoms with Crippen molar-refractivity contribution in [1.29, 1.82) is 0 Å². The van der Waals surface area contributed by atoms with Gasteiger partial charge in [0.05, 0.1) is 11.6 Å². The molecule has 2 N–H and O–H groups in total. The molecule has 0 aliphatic carbocycles. The molecule has 0 amide bonds. The first-order valence-corrected chi connectivity index (χ1v) is 4.63. The van der Waals surface area contributed by atoms with Crippen LogP contribution < -0.4 is 5.73 Å². The Kier molecular flexibility index (Phi) is 6.56. The summed E-state index contributed by atoms with van der Waals surface area (Å²) in [6.07, 6.45) is 2.05. The zero-order valence-electron chi connectivity index (χ0n) is 6.68. The van der Waals surface area contributed by atoms with Gasteiger partial charge in [0.2, 0.25) is 0 Å². The van der Waals surface area contributed by atoms with Gasteiger partial charge in [0.1, 0.15) is 0 Å². The maximum absolute atomic E-state index is 10.7. The van der Waals surface area contributed by atoms with E-state index in [1.54, 1.807) is 6.92 Å². The Hall–Kier alpha value is -0.0900. The van der Waals surface area contributed by atoms with E-state index in [0.29, 0.717) is 13.0 Å². The summed E-state index contributed by atoms with van der Waals surface area (Å²) >= 11 is 3.19. The van der Waals surface area contributed by atoms with Crippen molar-refractivity contribution in [3.8, 4) is 0 Å². The molecular formula is C7H14BrNO2. The van der Waals surface area contributed by atoms with Crippen LogP contribution in [-0.2, 0) is 9.53 Å². The molecule has 0 saturated carbocycles. The lowest BCUT2D eigenvalue weighted by Crippen LogP contribution is -2.11. The largest absolute Gasteiger partial charge is 0.466 e. The molecule has 66 valence electrons. The molecule has 0 aromatic heterocycles. The first-order chi connectivity index (χ1) is 5.16. The molecule has 0 aromatic carbocycles. The number of ether oxygens (including phenoxy) is 1. The molecule has 0 rings (SSSR count). The monoisotopic (exact) mass is 223 g/mol. The third-order valence-electron chi connectivity index (χ3n) is 1.17. The van der Waals surface area contributed by atoms with Crippen LogP contribution in [-0.4, -0.2) is 17.5 Å². The van der Waals surface area contributed by atoms with Gasteiger partial charge >= 0.3 is 5.97 Å². The summed E-state index contributed by atoms with van der Waals surface area (Å²) in [4.78, 5) is 10.7. The molecule has 0 saturated heterocycles. The van der Waals surface area contributed by atoms with Gasteiger partial charge in [0.25, 0.3) is 0 Å². The minimum Gasteiger partial charge on any atom is -0.466 e. The number of hydrogen-bond acceptors (Lipinski definition) is 3. The zero-order chi connectivity index (χ0) is 8.69. The van der Waals surface area contributed by atoms with Crippen molar-refractivity contribution in [3.05, 3.63) is 0 Å².